The Morgan fingerprint density at radius 3 is 1.32 bits per heavy atom. The number of hydrogen-bond donors (Lipinski definition) is 2. The van der Waals surface area contributed by atoms with Crippen molar-refractivity contribution < 1.29 is 28.6 Å². The van der Waals surface area contributed by atoms with Crippen molar-refractivity contribution in [3.8, 4) is 0 Å². The van der Waals surface area contributed by atoms with Gasteiger partial charge in [-0.3, -0.25) is 4.79 Å². The monoisotopic (exact) mass is 512 g/mol. The van der Waals surface area contributed by atoms with E-state index >= 15 is 0 Å². The van der Waals surface area contributed by atoms with Crippen LogP contribution >= 0.6 is 0 Å². The molecule has 0 saturated heterocycles. The molecule has 0 fully saturated rings. The average molecular weight is 513 g/mol. The molecular formula is C29H40N2O6. The highest BCUT2D eigenvalue weighted by atomic mass is 16.6. The van der Waals surface area contributed by atoms with Gasteiger partial charge in [-0.2, -0.15) is 0 Å². The quantitative estimate of drug-likeness (QED) is 0.354. The molecule has 2 aromatic rings. The van der Waals surface area contributed by atoms with Gasteiger partial charge in [0.05, 0.1) is 12.1 Å². The molecular weight excluding hydrogens is 472 g/mol. The summed E-state index contributed by atoms with van der Waals surface area (Å²) >= 11 is 0. The summed E-state index contributed by atoms with van der Waals surface area (Å²) < 4.78 is 16.8. The van der Waals surface area contributed by atoms with Crippen LogP contribution in [0.25, 0.3) is 0 Å². The summed E-state index contributed by atoms with van der Waals surface area (Å²) in [4.78, 5) is 38.0. The van der Waals surface area contributed by atoms with E-state index in [1.54, 1.807) is 41.5 Å². The van der Waals surface area contributed by atoms with Crippen LogP contribution in [-0.2, 0) is 31.8 Å². The van der Waals surface area contributed by atoms with Crippen LogP contribution in [0.5, 0.6) is 0 Å². The molecule has 0 radical (unpaired) electrons. The lowest BCUT2D eigenvalue weighted by atomic mass is 9.92. The van der Waals surface area contributed by atoms with Gasteiger partial charge in [0.25, 0.3) is 0 Å². The molecule has 8 heteroatoms. The third-order valence-corrected chi connectivity index (χ3v) is 5.10. The summed E-state index contributed by atoms with van der Waals surface area (Å²) in [7, 11) is 0. The second-order valence-electron chi connectivity index (χ2n) is 11.0. The molecule has 0 bridgehead atoms. The van der Waals surface area contributed by atoms with Crippen molar-refractivity contribution in [1.82, 2.24) is 10.6 Å². The van der Waals surface area contributed by atoms with Gasteiger partial charge in [0.15, 0.2) is 0 Å². The Morgan fingerprint density at radius 1 is 0.676 bits per heavy atom. The maximum Gasteiger partial charge on any atom is 0.408 e. The van der Waals surface area contributed by atoms with Crippen molar-refractivity contribution in [2.45, 2.75) is 90.7 Å². The number of benzene rings is 2. The van der Waals surface area contributed by atoms with Gasteiger partial charge in [0, 0.05) is 6.92 Å². The van der Waals surface area contributed by atoms with Crippen molar-refractivity contribution in [3.63, 3.8) is 0 Å². The molecule has 202 valence electrons. The Kier molecular flexibility index (Phi) is 10.5. The SMILES string of the molecule is CC(=O)OC([C@@H](Cc1ccccc1)NC(=O)OC(C)(C)C)[C@@H](Cc1ccccc1)NC(=O)OC(C)(C)C. The van der Waals surface area contributed by atoms with E-state index in [9.17, 15) is 14.4 Å². The molecule has 0 saturated carbocycles. The maximum absolute atomic E-state index is 12.9. The number of ether oxygens (including phenoxy) is 3. The van der Waals surface area contributed by atoms with Gasteiger partial charge in [0.2, 0.25) is 0 Å². The van der Waals surface area contributed by atoms with Crippen molar-refractivity contribution in [2.75, 3.05) is 0 Å². The Hall–Kier alpha value is -3.55. The smallest absolute Gasteiger partial charge is 0.408 e. The zero-order valence-electron chi connectivity index (χ0n) is 22.9. The Bertz CT molecular complexity index is 937. The minimum atomic E-state index is -0.932. The van der Waals surface area contributed by atoms with E-state index in [4.69, 9.17) is 14.2 Å². The molecule has 0 aliphatic heterocycles. The number of carbonyl (C=O) groups is 3. The summed E-state index contributed by atoms with van der Waals surface area (Å²) in [6.07, 6.45) is -1.57. The van der Waals surface area contributed by atoms with Gasteiger partial charge < -0.3 is 24.8 Å². The zero-order valence-corrected chi connectivity index (χ0v) is 22.9. The Morgan fingerprint density at radius 2 is 1.03 bits per heavy atom. The molecule has 2 N–H and O–H groups in total. The van der Waals surface area contributed by atoms with Gasteiger partial charge >= 0.3 is 18.2 Å². The van der Waals surface area contributed by atoms with Crippen LogP contribution in [0.3, 0.4) is 0 Å². The number of nitrogens with one attached hydrogen (secondary N) is 2. The van der Waals surface area contributed by atoms with Crippen LogP contribution in [0, 0.1) is 0 Å². The van der Waals surface area contributed by atoms with E-state index < -0.39 is 47.5 Å². The number of rotatable bonds is 9. The second-order valence-corrected chi connectivity index (χ2v) is 11.0. The van der Waals surface area contributed by atoms with Crippen LogP contribution in [0.2, 0.25) is 0 Å². The van der Waals surface area contributed by atoms with E-state index in [-0.39, 0.29) is 0 Å². The standard InChI is InChI=1S/C29H40N2O6/c1-20(32)35-25(23(18-21-14-10-8-11-15-21)30-26(33)36-28(2,3)4)24(19-22-16-12-9-13-17-22)31-27(34)37-29(5,6)7/h8-17,23-25H,18-19H2,1-7H3,(H,30,33)(H,31,34)/t23-,24-/m1/s1. The van der Waals surface area contributed by atoms with Crippen LogP contribution in [0.4, 0.5) is 9.59 Å². The van der Waals surface area contributed by atoms with E-state index in [1.807, 2.05) is 60.7 Å². The summed E-state index contributed by atoms with van der Waals surface area (Å²) in [6.45, 7) is 11.9. The molecule has 37 heavy (non-hydrogen) atoms. The lowest BCUT2D eigenvalue weighted by Gasteiger charge is -2.35. The molecule has 2 rings (SSSR count). The molecule has 8 nitrogen and oxygen atoms in total. The number of hydrogen-bond acceptors (Lipinski definition) is 6. The Balaban J connectivity index is 2.48. The minimum Gasteiger partial charge on any atom is -0.458 e. The van der Waals surface area contributed by atoms with Gasteiger partial charge in [-0.25, -0.2) is 9.59 Å². The highest BCUT2D eigenvalue weighted by molar-refractivity contribution is 5.70. The molecule has 2 aromatic carbocycles. The van der Waals surface area contributed by atoms with Crippen LogP contribution < -0.4 is 10.6 Å². The zero-order chi connectivity index (χ0) is 27.6. The predicted molar refractivity (Wildman–Crippen MR) is 142 cm³/mol. The maximum atomic E-state index is 12.9. The fourth-order valence-electron chi connectivity index (χ4n) is 3.79. The first kappa shape index (κ1) is 29.7. The molecule has 0 aliphatic carbocycles. The lowest BCUT2D eigenvalue weighted by Crippen LogP contribution is -2.58. The molecule has 0 heterocycles. The molecule has 2 atom stereocenters. The van der Waals surface area contributed by atoms with Gasteiger partial charge in [-0.15, -0.1) is 0 Å². The van der Waals surface area contributed by atoms with Gasteiger partial charge in [-0.05, 0) is 65.5 Å². The van der Waals surface area contributed by atoms with Crippen molar-refractivity contribution in [3.05, 3.63) is 71.8 Å². The van der Waals surface area contributed by atoms with E-state index in [0.29, 0.717) is 12.8 Å². The Labute approximate surface area is 220 Å². The van der Waals surface area contributed by atoms with E-state index in [2.05, 4.69) is 10.6 Å². The molecule has 0 aromatic heterocycles. The fourth-order valence-corrected chi connectivity index (χ4v) is 3.79. The van der Waals surface area contributed by atoms with Crippen LogP contribution in [-0.4, -0.2) is 47.5 Å². The van der Waals surface area contributed by atoms with Crippen molar-refractivity contribution in [1.29, 1.82) is 0 Å². The van der Waals surface area contributed by atoms with E-state index in [0.717, 1.165) is 11.1 Å². The predicted octanol–water partition coefficient (Wildman–Crippen LogP) is 5.19. The highest BCUT2D eigenvalue weighted by Crippen LogP contribution is 2.19. The van der Waals surface area contributed by atoms with E-state index in [1.165, 1.54) is 6.92 Å². The van der Waals surface area contributed by atoms with Crippen LogP contribution in [0.15, 0.2) is 60.7 Å². The normalized spacial score (nSPS) is 13.3. The number of alkyl carbamates (subject to hydrolysis) is 2. The third kappa shape index (κ3) is 11.8. The first-order valence-electron chi connectivity index (χ1n) is 12.5. The summed E-state index contributed by atoms with van der Waals surface area (Å²) in [5.41, 5.74) is 0.375. The fraction of sp³-hybridized carbons (Fsp3) is 0.483. The second kappa shape index (κ2) is 13.1. The number of amides is 2. The molecule has 0 spiro atoms. The lowest BCUT2D eigenvalue weighted by molar-refractivity contribution is -0.149. The van der Waals surface area contributed by atoms with Gasteiger partial charge in [0.1, 0.15) is 17.3 Å². The average Bonchev–Trinajstić information content (AvgIpc) is 2.75. The summed E-state index contributed by atoms with van der Waals surface area (Å²) in [6, 6.07) is 17.6. The third-order valence-electron chi connectivity index (χ3n) is 5.10. The first-order chi connectivity index (χ1) is 17.2. The number of carbonyl (C=O) groups excluding carboxylic acids is 3. The topological polar surface area (TPSA) is 103 Å². The largest absolute Gasteiger partial charge is 0.458 e. The van der Waals surface area contributed by atoms with Crippen molar-refractivity contribution in [2.24, 2.45) is 0 Å². The summed E-state index contributed by atoms with van der Waals surface area (Å²) in [5, 5.41) is 5.77. The minimum absolute atomic E-state index is 0.333. The molecule has 0 aliphatic rings. The van der Waals surface area contributed by atoms with Crippen molar-refractivity contribution >= 4 is 18.2 Å². The molecule has 2 amide bonds. The first-order valence-corrected chi connectivity index (χ1v) is 12.5. The van der Waals surface area contributed by atoms with Crippen LogP contribution in [0.1, 0.15) is 59.6 Å². The molecule has 0 unspecified atom stereocenters. The number of esters is 1. The highest BCUT2D eigenvalue weighted by Gasteiger charge is 2.36. The van der Waals surface area contributed by atoms with Gasteiger partial charge in [-0.1, -0.05) is 60.7 Å². The summed E-state index contributed by atoms with van der Waals surface area (Å²) in [5.74, 6) is -0.543.